The summed E-state index contributed by atoms with van der Waals surface area (Å²) in [6.07, 6.45) is 4.08. The van der Waals surface area contributed by atoms with Crippen LogP contribution in [0.5, 0.6) is 0 Å². The Balaban J connectivity index is 2.20. The molecular formula is C17H15ClO. The second-order valence-electron chi connectivity index (χ2n) is 4.44. The van der Waals surface area contributed by atoms with Gasteiger partial charge in [-0.3, -0.25) is 4.79 Å². The zero-order valence-electron chi connectivity index (χ0n) is 10.7. The normalized spacial score (nSPS) is 12.5. The van der Waals surface area contributed by atoms with E-state index in [9.17, 15) is 4.79 Å². The van der Waals surface area contributed by atoms with Crippen LogP contribution >= 0.6 is 11.6 Å². The summed E-state index contributed by atoms with van der Waals surface area (Å²) >= 11 is 5.53. The Morgan fingerprint density at radius 3 is 2.32 bits per heavy atom. The summed E-state index contributed by atoms with van der Waals surface area (Å²) in [6, 6.07) is 18.0. The Labute approximate surface area is 118 Å². The molecule has 0 saturated heterocycles. The van der Waals surface area contributed by atoms with E-state index in [1.165, 1.54) is 0 Å². The zero-order chi connectivity index (χ0) is 13.7. The second kappa shape index (κ2) is 6.35. The van der Waals surface area contributed by atoms with Gasteiger partial charge in [0.1, 0.15) is 0 Å². The maximum absolute atomic E-state index is 11.2. The van der Waals surface area contributed by atoms with Gasteiger partial charge in [-0.1, -0.05) is 73.7 Å². The van der Waals surface area contributed by atoms with E-state index >= 15 is 0 Å². The number of hydrogen-bond acceptors (Lipinski definition) is 1. The van der Waals surface area contributed by atoms with Gasteiger partial charge in [-0.15, -0.1) is 0 Å². The highest BCUT2D eigenvalue weighted by atomic mass is 35.5. The fourth-order valence-electron chi connectivity index (χ4n) is 1.82. The third-order valence-corrected chi connectivity index (χ3v) is 3.35. The van der Waals surface area contributed by atoms with Crippen LogP contribution in [0.2, 0.25) is 0 Å². The molecule has 0 unspecified atom stereocenters. The standard InChI is InChI=1S/C17H15ClO/c1-13(17(18)19)16-9-5-8-15(12-16)11-10-14-6-3-2-4-7-14/h2-13H,1H3/t13-/m1/s1. The van der Waals surface area contributed by atoms with E-state index in [0.717, 1.165) is 16.7 Å². The maximum Gasteiger partial charge on any atom is 0.228 e. The van der Waals surface area contributed by atoms with Crippen molar-refractivity contribution in [1.29, 1.82) is 0 Å². The van der Waals surface area contributed by atoms with Gasteiger partial charge in [-0.05, 0) is 28.3 Å². The lowest BCUT2D eigenvalue weighted by molar-refractivity contribution is -0.112. The van der Waals surface area contributed by atoms with E-state index in [2.05, 4.69) is 0 Å². The summed E-state index contributed by atoms with van der Waals surface area (Å²) in [5.41, 5.74) is 3.15. The van der Waals surface area contributed by atoms with Crippen molar-refractivity contribution in [3.63, 3.8) is 0 Å². The molecule has 2 rings (SSSR count). The van der Waals surface area contributed by atoms with Gasteiger partial charge in [-0.2, -0.15) is 0 Å². The number of benzene rings is 2. The summed E-state index contributed by atoms with van der Waals surface area (Å²) in [4.78, 5) is 11.2. The fourth-order valence-corrected chi connectivity index (χ4v) is 1.95. The summed E-state index contributed by atoms with van der Waals surface area (Å²) in [7, 11) is 0. The molecule has 0 radical (unpaired) electrons. The smallest absolute Gasteiger partial charge is 0.228 e. The van der Waals surface area contributed by atoms with Crippen LogP contribution in [0.25, 0.3) is 12.2 Å². The first-order valence-corrected chi connectivity index (χ1v) is 6.57. The van der Waals surface area contributed by atoms with Crippen molar-refractivity contribution in [2.24, 2.45) is 0 Å². The Kier molecular flexibility index (Phi) is 4.53. The van der Waals surface area contributed by atoms with Crippen LogP contribution in [0.15, 0.2) is 54.6 Å². The molecule has 0 aromatic heterocycles. The number of halogens is 1. The van der Waals surface area contributed by atoms with Gasteiger partial charge < -0.3 is 0 Å². The van der Waals surface area contributed by atoms with Crippen molar-refractivity contribution in [2.45, 2.75) is 12.8 Å². The third-order valence-electron chi connectivity index (χ3n) is 3.02. The molecule has 0 saturated carbocycles. The molecule has 0 heterocycles. The van der Waals surface area contributed by atoms with Gasteiger partial charge in [0, 0.05) is 0 Å². The molecule has 1 nitrogen and oxygen atoms in total. The molecular weight excluding hydrogens is 256 g/mol. The van der Waals surface area contributed by atoms with Gasteiger partial charge in [-0.25, -0.2) is 0 Å². The lowest BCUT2D eigenvalue weighted by Gasteiger charge is -2.07. The zero-order valence-corrected chi connectivity index (χ0v) is 11.5. The Morgan fingerprint density at radius 2 is 1.63 bits per heavy atom. The van der Waals surface area contributed by atoms with Crippen molar-refractivity contribution in [3.05, 3.63) is 71.3 Å². The van der Waals surface area contributed by atoms with Gasteiger partial charge in [0.05, 0.1) is 5.92 Å². The number of carbonyl (C=O) groups is 1. The molecule has 0 amide bonds. The SMILES string of the molecule is C[C@@H](C(=O)Cl)c1cccc(C=Cc2ccccc2)c1. The highest BCUT2D eigenvalue weighted by Gasteiger charge is 2.12. The van der Waals surface area contributed by atoms with Crippen LogP contribution < -0.4 is 0 Å². The predicted molar refractivity (Wildman–Crippen MR) is 81.1 cm³/mol. The maximum atomic E-state index is 11.2. The topological polar surface area (TPSA) is 17.1 Å². The van der Waals surface area contributed by atoms with Gasteiger partial charge >= 0.3 is 0 Å². The van der Waals surface area contributed by atoms with Gasteiger partial charge in [0.2, 0.25) is 5.24 Å². The molecule has 1 atom stereocenters. The molecule has 96 valence electrons. The van der Waals surface area contributed by atoms with E-state index in [1.54, 1.807) is 0 Å². The molecule has 0 bridgehead atoms. The number of carbonyl (C=O) groups excluding carboxylic acids is 1. The average molecular weight is 271 g/mol. The van der Waals surface area contributed by atoms with Crippen LogP contribution in [0, 0.1) is 0 Å². The second-order valence-corrected chi connectivity index (χ2v) is 4.81. The molecule has 0 fully saturated rings. The summed E-state index contributed by atoms with van der Waals surface area (Å²) in [5.74, 6) is -0.272. The van der Waals surface area contributed by atoms with Crippen molar-refractivity contribution in [3.8, 4) is 0 Å². The molecule has 2 aromatic carbocycles. The van der Waals surface area contributed by atoms with E-state index in [4.69, 9.17) is 11.6 Å². The van der Waals surface area contributed by atoms with E-state index in [1.807, 2.05) is 73.7 Å². The Bertz CT molecular complexity index is 587. The fraction of sp³-hybridized carbons (Fsp3) is 0.118. The van der Waals surface area contributed by atoms with Crippen LogP contribution in [0.3, 0.4) is 0 Å². The molecule has 0 aliphatic heterocycles. The van der Waals surface area contributed by atoms with Crippen molar-refractivity contribution < 1.29 is 4.79 Å². The van der Waals surface area contributed by atoms with E-state index in [-0.39, 0.29) is 11.2 Å². The lowest BCUT2D eigenvalue weighted by atomic mass is 10.00. The van der Waals surface area contributed by atoms with E-state index in [0.29, 0.717) is 0 Å². The minimum Gasteiger partial charge on any atom is -0.281 e. The van der Waals surface area contributed by atoms with Crippen LogP contribution in [-0.4, -0.2) is 5.24 Å². The van der Waals surface area contributed by atoms with Crippen molar-refractivity contribution in [2.75, 3.05) is 0 Å². The molecule has 2 heteroatoms. The molecule has 0 aliphatic carbocycles. The highest BCUT2D eigenvalue weighted by Crippen LogP contribution is 2.20. The molecule has 0 N–H and O–H groups in total. The first kappa shape index (κ1) is 13.6. The van der Waals surface area contributed by atoms with Gasteiger partial charge in [0.25, 0.3) is 0 Å². The number of hydrogen-bond donors (Lipinski definition) is 0. The highest BCUT2D eigenvalue weighted by molar-refractivity contribution is 6.64. The van der Waals surface area contributed by atoms with Crippen molar-refractivity contribution in [1.82, 2.24) is 0 Å². The summed E-state index contributed by atoms with van der Waals surface area (Å²) < 4.78 is 0. The number of rotatable bonds is 4. The molecule has 19 heavy (non-hydrogen) atoms. The molecule has 2 aromatic rings. The van der Waals surface area contributed by atoms with Crippen LogP contribution in [0.1, 0.15) is 29.5 Å². The molecule has 0 aliphatic rings. The monoisotopic (exact) mass is 270 g/mol. The van der Waals surface area contributed by atoms with Gasteiger partial charge in [0.15, 0.2) is 0 Å². The summed E-state index contributed by atoms with van der Waals surface area (Å²) in [5, 5.41) is -0.329. The lowest BCUT2D eigenvalue weighted by Crippen LogP contribution is -2.01. The largest absolute Gasteiger partial charge is 0.281 e. The first-order valence-electron chi connectivity index (χ1n) is 6.19. The quantitative estimate of drug-likeness (QED) is 0.580. The average Bonchev–Trinajstić information content (AvgIpc) is 2.45. The minimum atomic E-state index is -0.329. The first-order chi connectivity index (χ1) is 9.16. The van der Waals surface area contributed by atoms with Crippen molar-refractivity contribution >= 4 is 29.0 Å². The summed E-state index contributed by atoms with van der Waals surface area (Å²) in [6.45, 7) is 1.81. The third kappa shape index (κ3) is 3.80. The van der Waals surface area contributed by atoms with E-state index < -0.39 is 0 Å². The minimum absolute atomic E-state index is 0.272. The van der Waals surface area contributed by atoms with Crippen LogP contribution in [-0.2, 0) is 4.79 Å². The predicted octanol–water partition coefficient (Wildman–Crippen LogP) is 4.73. The molecule has 0 spiro atoms. The Hall–Kier alpha value is -1.86. The van der Waals surface area contributed by atoms with Crippen LogP contribution in [0.4, 0.5) is 0 Å². The Morgan fingerprint density at radius 1 is 1.00 bits per heavy atom.